The first-order valence-electron chi connectivity index (χ1n) is 7.56. The number of nitriles is 1. The Kier molecular flexibility index (Phi) is 5.78. The Labute approximate surface area is 142 Å². The lowest BCUT2D eigenvalue weighted by Crippen LogP contribution is -2.14. The van der Waals surface area contributed by atoms with Gasteiger partial charge in [0.2, 0.25) is 0 Å². The fourth-order valence-corrected chi connectivity index (χ4v) is 2.45. The topological polar surface area (TPSA) is 39.4 Å². The van der Waals surface area contributed by atoms with Gasteiger partial charge in [-0.2, -0.15) is 5.26 Å². The van der Waals surface area contributed by atoms with Crippen LogP contribution >= 0.6 is 11.6 Å². The molecule has 3 nitrogen and oxygen atoms in total. The van der Waals surface area contributed by atoms with Gasteiger partial charge in [0, 0.05) is 13.6 Å². The summed E-state index contributed by atoms with van der Waals surface area (Å²) in [6, 6.07) is 13.8. The molecule has 0 radical (unpaired) electrons. The van der Waals surface area contributed by atoms with Crippen molar-refractivity contribution in [2.45, 2.75) is 20.3 Å². The van der Waals surface area contributed by atoms with E-state index in [-0.39, 0.29) is 0 Å². The number of benzene rings is 2. The number of hydrogen-bond acceptors (Lipinski definition) is 2. The molecule has 0 unspecified atom stereocenters. The summed E-state index contributed by atoms with van der Waals surface area (Å²) in [5, 5.41) is 9.64. The lowest BCUT2D eigenvalue weighted by Gasteiger charge is -2.11. The van der Waals surface area contributed by atoms with E-state index in [1.54, 1.807) is 6.34 Å². The van der Waals surface area contributed by atoms with Crippen LogP contribution < -0.4 is 0 Å². The molecule has 4 heteroatoms. The molecule has 0 aliphatic carbocycles. The smallest absolute Gasteiger partial charge is 0.0991 e. The number of nitrogens with zero attached hydrogens (tertiary/aromatic N) is 3. The molecule has 0 aliphatic rings. The van der Waals surface area contributed by atoms with E-state index in [1.807, 2.05) is 48.3 Å². The van der Waals surface area contributed by atoms with E-state index in [4.69, 9.17) is 16.9 Å². The quantitative estimate of drug-likeness (QED) is 0.589. The standard InChI is InChI=1S/C19H20ClN3/c1-4-23(3)13-22-19-8-14(2)17(11-18(19)20)10-15-6-5-7-16(9-15)12-21/h5-9,11,13H,4,10H2,1-3H3. The van der Waals surface area contributed by atoms with Gasteiger partial charge in [0.05, 0.1) is 28.7 Å². The van der Waals surface area contributed by atoms with Crippen molar-refractivity contribution in [3.63, 3.8) is 0 Å². The first-order valence-corrected chi connectivity index (χ1v) is 7.93. The van der Waals surface area contributed by atoms with Crippen molar-refractivity contribution in [2.75, 3.05) is 13.6 Å². The number of halogens is 1. The van der Waals surface area contributed by atoms with E-state index in [1.165, 1.54) is 0 Å². The molecule has 118 valence electrons. The molecule has 2 aromatic carbocycles. The summed E-state index contributed by atoms with van der Waals surface area (Å²) in [6.45, 7) is 5.02. The minimum absolute atomic E-state index is 0.641. The molecule has 0 aliphatic heterocycles. The van der Waals surface area contributed by atoms with Crippen molar-refractivity contribution in [2.24, 2.45) is 4.99 Å². The normalized spacial score (nSPS) is 10.7. The Morgan fingerprint density at radius 1 is 1.30 bits per heavy atom. The van der Waals surface area contributed by atoms with Gasteiger partial charge in [-0.25, -0.2) is 4.99 Å². The van der Waals surface area contributed by atoms with Crippen LogP contribution in [0.2, 0.25) is 5.02 Å². The number of aryl methyl sites for hydroxylation is 1. The van der Waals surface area contributed by atoms with E-state index in [0.29, 0.717) is 10.6 Å². The van der Waals surface area contributed by atoms with Crippen LogP contribution in [0.25, 0.3) is 0 Å². The minimum Gasteiger partial charge on any atom is -0.366 e. The Bertz CT molecular complexity index is 760. The van der Waals surface area contributed by atoms with Gasteiger partial charge in [-0.3, -0.25) is 0 Å². The Balaban J connectivity index is 2.26. The highest BCUT2D eigenvalue weighted by atomic mass is 35.5. The molecule has 0 heterocycles. The molecule has 0 aromatic heterocycles. The highest BCUT2D eigenvalue weighted by Crippen LogP contribution is 2.29. The molecular weight excluding hydrogens is 306 g/mol. The van der Waals surface area contributed by atoms with Gasteiger partial charge in [-0.05, 0) is 61.2 Å². The van der Waals surface area contributed by atoms with Crippen molar-refractivity contribution in [1.82, 2.24) is 4.90 Å². The highest BCUT2D eigenvalue weighted by Gasteiger charge is 2.07. The molecule has 0 amide bonds. The Morgan fingerprint density at radius 3 is 2.78 bits per heavy atom. The van der Waals surface area contributed by atoms with Gasteiger partial charge >= 0.3 is 0 Å². The predicted octanol–water partition coefficient (Wildman–Crippen LogP) is 4.72. The SMILES string of the molecule is CCN(C)C=Nc1cc(C)c(Cc2cccc(C#N)c2)cc1Cl. The number of rotatable bonds is 5. The van der Waals surface area contributed by atoms with E-state index in [2.05, 4.69) is 24.9 Å². The van der Waals surface area contributed by atoms with Crippen LogP contribution in [0.4, 0.5) is 5.69 Å². The number of aliphatic imine (C=N–C) groups is 1. The molecule has 0 atom stereocenters. The minimum atomic E-state index is 0.641. The lowest BCUT2D eigenvalue weighted by molar-refractivity contribution is 0.552. The average Bonchev–Trinajstić information content (AvgIpc) is 2.56. The summed E-state index contributed by atoms with van der Waals surface area (Å²) in [4.78, 5) is 6.43. The van der Waals surface area contributed by atoms with Gasteiger partial charge in [0.25, 0.3) is 0 Å². The first-order chi connectivity index (χ1) is 11.0. The van der Waals surface area contributed by atoms with Gasteiger partial charge in [0.15, 0.2) is 0 Å². The molecule has 23 heavy (non-hydrogen) atoms. The maximum absolute atomic E-state index is 9.00. The van der Waals surface area contributed by atoms with Crippen LogP contribution in [0, 0.1) is 18.3 Å². The molecule has 0 saturated heterocycles. The summed E-state index contributed by atoms with van der Waals surface area (Å²) < 4.78 is 0. The third kappa shape index (κ3) is 4.58. The summed E-state index contributed by atoms with van der Waals surface area (Å²) >= 11 is 6.37. The van der Waals surface area contributed by atoms with Crippen LogP contribution in [-0.4, -0.2) is 24.8 Å². The molecule has 2 aromatic rings. The largest absolute Gasteiger partial charge is 0.366 e. The fourth-order valence-electron chi connectivity index (χ4n) is 2.21. The summed E-state index contributed by atoms with van der Waals surface area (Å²) in [7, 11) is 1.97. The van der Waals surface area contributed by atoms with Crippen molar-refractivity contribution in [1.29, 1.82) is 5.26 Å². The monoisotopic (exact) mass is 325 g/mol. The van der Waals surface area contributed by atoms with Crippen LogP contribution in [0.15, 0.2) is 41.4 Å². The molecular formula is C19H20ClN3. The Hall–Kier alpha value is -2.31. The third-order valence-corrected chi connectivity index (χ3v) is 4.05. The molecule has 0 fully saturated rings. The third-order valence-electron chi connectivity index (χ3n) is 3.75. The van der Waals surface area contributed by atoms with E-state index < -0.39 is 0 Å². The molecule has 0 spiro atoms. The van der Waals surface area contributed by atoms with E-state index in [0.717, 1.165) is 35.3 Å². The molecule has 0 saturated carbocycles. The van der Waals surface area contributed by atoms with Crippen molar-refractivity contribution >= 4 is 23.6 Å². The highest BCUT2D eigenvalue weighted by molar-refractivity contribution is 6.33. The van der Waals surface area contributed by atoms with Crippen LogP contribution in [-0.2, 0) is 6.42 Å². The van der Waals surface area contributed by atoms with Gasteiger partial charge in [-0.15, -0.1) is 0 Å². The van der Waals surface area contributed by atoms with Gasteiger partial charge in [0.1, 0.15) is 0 Å². The summed E-state index contributed by atoms with van der Waals surface area (Å²) in [5.41, 5.74) is 4.84. The van der Waals surface area contributed by atoms with Crippen molar-refractivity contribution in [3.8, 4) is 6.07 Å². The predicted molar refractivity (Wildman–Crippen MR) is 96.6 cm³/mol. The second-order valence-corrected chi connectivity index (χ2v) is 5.94. The maximum atomic E-state index is 9.00. The summed E-state index contributed by atoms with van der Waals surface area (Å²) in [5.74, 6) is 0. The van der Waals surface area contributed by atoms with E-state index in [9.17, 15) is 0 Å². The fraction of sp³-hybridized carbons (Fsp3) is 0.263. The molecule has 0 N–H and O–H groups in total. The zero-order valence-electron chi connectivity index (χ0n) is 13.7. The van der Waals surface area contributed by atoms with Gasteiger partial charge < -0.3 is 4.90 Å². The lowest BCUT2D eigenvalue weighted by atomic mass is 9.99. The van der Waals surface area contributed by atoms with Crippen molar-refractivity contribution in [3.05, 3.63) is 63.7 Å². The molecule has 2 rings (SSSR count). The van der Waals surface area contributed by atoms with E-state index >= 15 is 0 Å². The zero-order valence-corrected chi connectivity index (χ0v) is 14.4. The van der Waals surface area contributed by atoms with Crippen LogP contribution in [0.3, 0.4) is 0 Å². The van der Waals surface area contributed by atoms with Crippen LogP contribution in [0.1, 0.15) is 29.2 Å². The summed E-state index contributed by atoms with van der Waals surface area (Å²) in [6.07, 6.45) is 2.54. The van der Waals surface area contributed by atoms with Crippen LogP contribution in [0.5, 0.6) is 0 Å². The number of hydrogen-bond donors (Lipinski definition) is 0. The average molecular weight is 326 g/mol. The Morgan fingerprint density at radius 2 is 2.09 bits per heavy atom. The second kappa shape index (κ2) is 7.80. The van der Waals surface area contributed by atoms with Gasteiger partial charge in [-0.1, -0.05) is 23.7 Å². The second-order valence-electron chi connectivity index (χ2n) is 5.54. The molecule has 0 bridgehead atoms. The van der Waals surface area contributed by atoms with Crippen molar-refractivity contribution < 1.29 is 0 Å². The zero-order chi connectivity index (χ0) is 16.8. The maximum Gasteiger partial charge on any atom is 0.0991 e. The first kappa shape index (κ1) is 17.1.